The third-order valence-electron chi connectivity index (χ3n) is 2.72. The average molecular weight is 313 g/mol. The fraction of sp³-hybridized carbons (Fsp3) is 0. The van der Waals surface area contributed by atoms with Crippen LogP contribution in [0.3, 0.4) is 0 Å². The molecule has 0 fully saturated rings. The third kappa shape index (κ3) is 3.02. The minimum absolute atomic E-state index is 0.246. The molecule has 0 atom stereocenters. The molecule has 3 rings (SSSR count). The molecule has 6 heteroatoms. The summed E-state index contributed by atoms with van der Waals surface area (Å²) in [6.07, 6.45) is 0. The molecule has 0 aliphatic heterocycles. The molecule has 1 aromatic heterocycles. The van der Waals surface area contributed by atoms with Crippen molar-refractivity contribution in [2.75, 3.05) is 5.43 Å². The number of halogens is 1. The van der Waals surface area contributed by atoms with Crippen molar-refractivity contribution >= 4 is 44.6 Å². The number of anilines is 1. The predicted molar refractivity (Wildman–Crippen MR) is 86.8 cm³/mol. The van der Waals surface area contributed by atoms with Gasteiger partial charge in [-0.25, -0.2) is 4.98 Å². The highest BCUT2D eigenvalue weighted by molar-refractivity contribution is 7.20. The van der Waals surface area contributed by atoms with Gasteiger partial charge in [-0.3, -0.25) is 5.43 Å². The fourth-order valence-corrected chi connectivity index (χ4v) is 2.87. The quantitative estimate of drug-likeness (QED) is 0.579. The molecule has 21 heavy (non-hydrogen) atoms. The van der Waals surface area contributed by atoms with Crippen LogP contribution in [0.15, 0.2) is 53.6 Å². The highest BCUT2D eigenvalue weighted by Gasteiger charge is 2.09. The SMILES string of the molecule is N#C/C(=N\Nc1cccc(Cl)c1)c1nc2ccccc2s1. The van der Waals surface area contributed by atoms with Crippen LogP contribution < -0.4 is 5.43 Å². The van der Waals surface area contributed by atoms with E-state index >= 15 is 0 Å². The Hall–Kier alpha value is -2.42. The number of hydrazone groups is 1. The Morgan fingerprint density at radius 3 is 2.86 bits per heavy atom. The lowest BCUT2D eigenvalue weighted by Crippen LogP contribution is -2.01. The van der Waals surface area contributed by atoms with Crippen LogP contribution in [0.4, 0.5) is 5.69 Å². The molecule has 3 aromatic rings. The lowest BCUT2D eigenvalue weighted by Gasteiger charge is -2.00. The molecular formula is C15H9ClN4S. The number of hydrogen-bond donors (Lipinski definition) is 1. The minimum atomic E-state index is 0.246. The molecule has 0 saturated heterocycles. The van der Waals surface area contributed by atoms with Gasteiger partial charge < -0.3 is 0 Å². The lowest BCUT2D eigenvalue weighted by atomic mass is 10.3. The van der Waals surface area contributed by atoms with Gasteiger partial charge in [0.05, 0.1) is 15.9 Å². The van der Waals surface area contributed by atoms with Gasteiger partial charge in [0.2, 0.25) is 0 Å². The molecule has 1 heterocycles. The Kier molecular flexibility index (Phi) is 3.82. The topological polar surface area (TPSA) is 61.1 Å². The summed E-state index contributed by atoms with van der Waals surface area (Å²) in [5, 5.41) is 14.6. The van der Waals surface area contributed by atoms with Gasteiger partial charge in [-0.2, -0.15) is 10.4 Å². The first-order valence-electron chi connectivity index (χ1n) is 6.11. The summed E-state index contributed by atoms with van der Waals surface area (Å²) in [5.74, 6) is 0. The number of nitriles is 1. The van der Waals surface area contributed by atoms with E-state index in [1.807, 2.05) is 36.4 Å². The standard InChI is InChI=1S/C15H9ClN4S/c16-10-4-3-5-11(8-10)19-20-13(9-17)15-18-12-6-1-2-7-14(12)21-15/h1-8,19H/b20-13+. The largest absolute Gasteiger partial charge is 0.277 e. The van der Waals surface area contributed by atoms with Crippen LogP contribution >= 0.6 is 22.9 Å². The van der Waals surface area contributed by atoms with E-state index in [2.05, 4.69) is 21.6 Å². The molecule has 0 bridgehead atoms. The van der Waals surface area contributed by atoms with E-state index in [0.29, 0.717) is 10.0 Å². The van der Waals surface area contributed by atoms with Crippen molar-refractivity contribution in [1.82, 2.24) is 4.98 Å². The molecule has 102 valence electrons. The summed E-state index contributed by atoms with van der Waals surface area (Å²) in [4.78, 5) is 4.41. The normalized spacial score (nSPS) is 11.3. The van der Waals surface area contributed by atoms with Crippen molar-refractivity contribution in [1.29, 1.82) is 5.26 Å². The van der Waals surface area contributed by atoms with Crippen LogP contribution in [-0.2, 0) is 0 Å². The summed E-state index contributed by atoms with van der Waals surface area (Å²) in [5.41, 5.74) is 4.66. The molecule has 1 N–H and O–H groups in total. The zero-order valence-corrected chi connectivity index (χ0v) is 12.3. The van der Waals surface area contributed by atoms with Crippen LogP contribution in [0.5, 0.6) is 0 Å². The maximum atomic E-state index is 9.26. The summed E-state index contributed by atoms with van der Waals surface area (Å²) in [7, 11) is 0. The van der Waals surface area contributed by atoms with Gasteiger partial charge in [0.15, 0.2) is 10.7 Å². The molecule has 0 amide bonds. The minimum Gasteiger partial charge on any atom is -0.277 e. The molecule has 0 saturated carbocycles. The second-order valence-corrected chi connectivity index (χ2v) is 5.65. The number of nitrogens with zero attached hydrogens (tertiary/aromatic N) is 3. The molecule has 4 nitrogen and oxygen atoms in total. The molecular weight excluding hydrogens is 304 g/mol. The van der Waals surface area contributed by atoms with E-state index in [1.54, 1.807) is 12.1 Å². The summed E-state index contributed by atoms with van der Waals surface area (Å²) in [6, 6.07) is 16.9. The summed E-state index contributed by atoms with van der Waals surface area (Å²) >= 11 is 7.34. The third-order valence-corrected chi connectivity index (χ3v) is 4.00. The number of fused-ring (bicyclic) bond motifs is 1. The van der Waals surface area contributed by atoms with Crippen molar-refractivity contribution in [2.45, 2.75) is 0 Å². The Balaban J connectivity index is 1.91. The maximum absolute atomic E-state index is 9.26. The Morgan fingerprint density at radius 1 is 1.24 bits per heavy atom. The van der Waals surface area contributed by atoms with Crippen molar-refractivity contribution < 1.29 is 0 Å². The summed E-state index contributed by atoms with van der Waals surface area (Å²) in [6.45, 7) is 0. The van der Waals surface area contributed by atoms with E-state index in [9.17, 15) is 5.26 Å². The van der Waals surface area contributed by atoms with Gasteiger partial charge >= 0.3 is 0 Å². The van der Waals surface area contributed by atoms with Crippen LogP contribution in [0.25, 0.3) is 10.2 Å². The zero-order valence-electron chi connectivity index (χ0n) is 10.7. The smallest absolute Gasteiger partial charge is 0.196 e. The highest BCUT2D eigenvalue weighted by atomic mass is 35.5. The van der Waals surface area contributed by atoms with Gasteiger partial charge in [-0.15, -0.1) is 11.3 Å². The van der Waals surface area contributed by atoms with E-state index < -0.39 is 0 Å². The number of para-hydroxylation sites is 1. The van der Waals surface area contributed by atoms with Gasteiger partial charge in [-0.1, -0.05) is 29.8 Å². The van der Waals surface area contributed by atoms with Gasteiger partial charge in [0.1, 0.15) is 6.07 Å². The van der Waals surface area contributed by atoms with Crippen molar-refractivity contribution in [2.24, 2.45) is 5.10 Å². The van der Waals surface area contributed by atoms with Crippen LogP contribution in [0.1, 0.15) is 5.01 Å². The lowest BCUT2D eigenvalue weighted by molar-refractivity contribution is 1.32. The van der Waals surface area contributed by atoms with Gasteiger partial charge in [-0.05, 0) is 30.3 Å². The van der Waals surface area contributed by atoms with Crippen LogP contribution in [0, 0.1) is 11.3 Å². The fourth-order valence-electron chi connectivity index (χ4n) is 1.77. The molecule has 0 aliphatic rings. The predicted octanol–water partition coefficient (Wildman–Crippen LogP) is 4.29. The van der Waals surface area contributed by atoms with Crippen molar-refractivity contribution in [3.8, 4) is 6.07 Å². The number of thiazole rings is 1. The Bertz CT molecular complexity index is 830. The number of nitrogens with one attached hydrogen (secondary N) is 1. The first-order chi connectivity index (χ1) is 10.3. The molecule has 2 aromatic carbocycles. The molecule has 0 spiro atoms. The number of aromatic nitrogens is 1. The first kappa shape index (κ1) is 13.6. The monoisotopic (exact) mass is 312 g/mol. The van der Waals surface area contributed by atoms with E-state index in [4.69, 9.17) is 11.6 Å². The van der Waals surface area contributed by atoms with Crippen LogP contribution in [0.2, 0.25) is 5.02 Å². The zero-order chi connectivity index (χ0) is 14.7. The average Bonchev–Trinajstić information content (AvgIpc) is 2.91. The second kappa shape index (κ2) is 5.92. The Morgan fingerprint density at radius 2 is 2.10 bits per heavy atom. The summed E-state index contributed by atoms with van der Waals surface area (Å²) < 4.78 is 1.03. The first-order valence-corrected chi connectivity index (χ1v) is 7.31. The maximum Gasteiger partial charge on any atom is 0.196 e. The van der Waals surface area contributed by atoms with E-state index in [0.717, 1.165) is 15.9 Å². The van der Waals surface area contributed by atoms with Gasteiger partial charge in [0, 0.05) is 5.02 Å². The van der Waals surface area contributed by atoms with E-state index in [-0.39, 0.29) is 5.71 Å². The number of hydrogen-bond acceptors (Lipinski definition) is 5. The molecule has 0 unspecified atom stereocenters. The number of benzene rings is 2. The van der Waals surface area contributed by atoms with Crippen molar-refractivity contribution in [3.63, 3.8) is 0 Å². The molecule has 0 radical (unpaired) electrons. The molecule has 0 aliphatic carbocycles. The Labute approximate surface area is 130 Å². The van der Waals surface area contributed by atoms with Gasteiger partial charge in [0.25, 0.3) is 0 Å². The van der Waals surface area contributed by atoms with E-state index in [1.165, 1.54) is 11.3 Å². The second-order valence-electron chi connectivity index (χ2n) is 4.18. The van der Waals surface area contributed by atoms with Crippen LogP contribution in [-0.4, -0.2) is 10.7 Å². The van der Waals surface area contributed by atoms with Crippen molar-refractivity contribution in [3.05, 3.63) is 58.6 Å². The number of rotatable bonds is 3. The highest BCUT2D eigenvalue weighted by Crippen LogP contribution is 2.22.